The first kappa shape index (κ1) is 16.8. The molecule has 0 unspecified atom stereocenters. The van der Waals surface area contributed by atoms with Gasteiger partial charge in [-0.05, 0) is 46.0 Å². The average Bonchev–Trinajstić information content (AvgIpc) is 2.64. The Morgan fingerprint density at radius 1 is 1.08 bits per heavy atom. The standard InChI is InChI=1S/C18H14ClN5O/c1-25-17-5-3-2-4-13(17)10-14-11-16(21-22-18(14)23-24-20)12-6-8-15(19)9-7-12/h2-9,11H,10H2,1H3. The van der Waals surface area contributed by atoms with Crippen LogP contribution in [0.5, 0.6) is 5.75 Å². The van der Waals surface area contributed by atoms with Crippen molar-refractivity contribution in [3.8, 4) is 17.0 Å². The van der Waals surface area contributed by atoms with E-state index >= 15 is 0 Å². The molecule has 1 aromatic heterocycles. The Kier molecular flexibility index (Phi) is 5.14. The number of hydrogen-bond donors (Lipinski definition) is 0. The van der Waals surface area contributed by atoms with Crippen LogP contribution in [0.2, 0.25) is 5.02 Å². The Morgan fingerprint density at radius 2 is 1.84 bits per heavy atom. The SMILES string of the molecule is COc1ccccc1Cc1cc(-c2ccc(Cl)cc2)nnc1N=[N+]=[N-]. The molecule has 124 valence electrons. The lowest BCUT2D eigenvalue weighted by molar-refractivity contribution is 0.410. The Labute approximate surface area is 149 Å². The maximum absolute atomic E-state index is 8.78. The van der Waals surface area contributed by atoms with Gasteiger partial charge in [0, 0.05) is 21.9 Å². The Balaban J connectivity index is 2.04. The number of hydrogen-bond acceptors (Lipinski definition) is 4. The van der Waals surface area contributed by atoms with Crippen LogP contribution in [-0.4, -0.2) is 17.3 Å². The Hall–Kier alpha value is -3.08. The molecule has 0 N–H and O–H groups in total. The van der Waals surface area contributed by atoms with Crippen LogP contribution in [0.15, 0.2) is 59.7 Å². The lowest BCUT2D eigenvalue weighted by atomic mass is 10.0. The number of rotatable bonds is 5. The fraction of sp³-hybridized carbons (Fsp3) is 0.111. The van der Waals surface area contributed by atoms with Crippen LogP contribution in [-0.2, 0) is 6.42 Å². The molecule has 25 heavy (non-hydrogen) atoms. The van der Waals surface area contributed by atoms with Crippen LogP contribution in [0.1, 0.15) is 11.1 Å². The van der Waals surface area contributed by atoms with Crippen molar-refractivity contribution in [2.45, 2.75) is 6.42 Å². The van der Waals surface area contributed by atoms with Crippen LogP contribution in [0.25, 0.3) is 21.7 Å². The summed E-state index contributed by atoms with van der Waals surface area (Å²) in [5.41, 5.74) is 12.1. The molecule has 0 saturated heterocycles. The average molecular weight is 352 g/mol. The van der Waals surface area contributed by atoms with Gasteiger partial charge in [0.05, 0.1) is 12.8 Å². The van der Waals surface area contributed by atoms with Crippen molar-refractivity contribution in [2.24, 2.45) is 5.11 Å². The zero-order chi connectivity index (χ0) is 17.6. The van der Waals surface area contributed by atoms with E-state index in [9.17, 15) is 0 Å². The highest BCUT2D eigenvalue weighted by atomic mass is 35.5. The van der Waals surface area contributed by atoms with Gasteiger partial charge in [-0.25, -0.2) is 0 Å². The van der Waals surface area contributed by atoms with Crippen molar-refractivity contribution in [1.29, 1.82) is 0 Å². The number of azide groups is 1. The maximum Gasteiger partial charge on any atom is 0.152 e. The number of halogens is 1. The van der Waals surface area contributed by atoms with E-state index in [4.69, 9.17) is 21.9 Å². The second-order valence-corrected chi connectivity index (χ2v) is 5.70. The molecule has 0 amide bonds. The first-order valence-corrected chi connectivity index (χ1v) is 7.88. The molecule has 2 aromatic carbocycles. The summed E-state index contributed by atoms with van der Waals surface area (Å²) < 4.78 is 5.39. The van der Waals surface area contributed by atoms with Gasteiger partial charge in [0.15, 0.2) is 5.82 Å². The number of aromatic nitrogens is 2. The molecule has 0 aliphatic heterocycles. The van der Waals surface area contributed by atoms with Crippen molar-refractivity contribution < 1.29 is 4.74 Å². The normalized spacial score (nSPS) is 10.2. The molecule has 3 rings (SSSR count). The van der Waals surface area contributed by atoms with Gasteiger partial charge in [-0.1, -0.05) is 41.9 Å². The minimum Gasteiger partial charge on any atom is -0.496 e. The van der Waals surface area contributed by atoms with Crippen LogP contribution < -0.4 is 4.74 Å². The van der Waals surface area contributed by atoms with Gasteiger partial charge in [-0.3, -0.25) is 0 Å². The van der Waals surface area contributed by atoms with E-state index in [0.29, 0.717) is 17.1 Å². The molecule has 0 radical (unpaired) electrons. The molecule has 0 spiro atoms. The summed E-state index contributed by atoms with van der Waals surface area (Å²) in [5.74, 6) is 1.02. The number of ether oxygens (including phenoxy) is 1. The van der Waals surface area contributed by atoms with Crippen molar-refractivity contribution >= 4 is 17.4 Å². The predicted octanol–water partition coefficient (Wildman–Crippen LogP) is 5.34. The smallest absolute Gasteiger partial charge is 0.152 e. The topological polar surface area (TPSA) is 83.8 Å². The third-order valence-electron chi connectivity index (χ3n) is 3.70. The van der Waals surface area contributed by atoms with Gasteiger partial charge < -0.3 is 4.74 Å². The van der Waals surface area contributed by atoms with Crippen molar-refractivity contribution in [1.82, 2.24) is 10.2 Å². The first-order chi connectivity index (χ1) is 12.2. The van der Waals surface area contributed by atoms with E-state index in [1.807, 2.05) is 42.5 Å². The van der Waals surface area contributed by atoms with Crippen LogP contribution in [0, 0.1) is 0 Å². The summed E-state index contributed by atoms with van der Waals surface area (Å²) in [6, 6.07) is 16.9. The summed E-state index contributed by atoms with van der Waals surface area (Å²) >= 11 is 5.93. The molecule has 1 heterocycles. The summed E-state index contributed by atoms with van der Waals surface area (Å²) in [4.78, 5) is 2.84. The van der Waals surface area contributed by atoms with Crippen LogP contribution >= 0.6 is 11.6 Å². The number of nitrogens with zero attached hydrogens (tertiary/aromatic N) is 5. The molecule has 0 aliphatic rings. The number of para-hydroxylation sites is 1. The molecule has 3 aromatic rings. The summed E-state index contributed by atoms with van der Waals surface area (Å²) in [6.45, 7) is 0. The van der Waals surface area contributed by atoms with Crippen LogP contribution in [0.4, 0.5) is 5.82 Å². The van der Waals surface area contributed by atoms with Crippen molar-refractivity contribution in [3.63, 3.8) is 0 Å². The fourth-order valence-electron chi connectivity index (χ4n) is 2.50. The molecule has 0 saturated carbocycles. The van der Waals surface area contributed by atoms with Gasteiger partial charge >= 0.3 is 0 Å². The summed E-state index contributed by atoms with van der Waals surface area (Å²) in [5, 5.41) is 12.5. The molecule has 0 aliphatic carbocycles. The van der Waals surface area contributed by atoms with Gasteiger partial charge in [-0.15, -0.1) is 5.10 Å². The van der Waals surface area contributed by atoms with Gasteiger partial charge in [-0.2, -0.15) is 5.10 Å². The minimum absolute atomic E-state index is 0.256. The second-order valence-electron chi connectivity index (χ2n) is 5.26. The zero-order valence-electron chi connectivity index (χ0n) is 13.4. The molecule has 0 atom stereocenters. The van der Waals surface area contributed by atoms with E-state index in [2.05, 4.69) is 20.2 Å². The predicted molar refractivity (Wildman–Crippen MR) is 97.1 cm³/mol. The molecular weight excluding hydrogens is 338 g/mol. The zero-order valence-corrected chi connectivity index (χ0v) is 14.2. The van der Waals surface area contributed by atoms with E-state index in [1.165, 1.54) is 0 Å². The minimum atomic E-state index is 0.256. The molecule has 0 bridgehead atoms. The monoisotopic (exact) mass is 351 g/mol. The highest BCUT2D eigenvalue weighted by Gasteiger charge is 2.11. The molecule has 6 nitrogen and oxygen atoms in total. The van der Waals surface area contributed by atoms with E-state index < -0.39 is 0 Å². The summed E-state index contributed by atoms with van der Waals surface area (Å²) in [6.07, 6.45) is 0.508. The second kappa shape index (κ2) is 7.66. The first-order valence-electron chi connectivity index (χ1n) is 7.51. The van der Waals surface area contributed by atoms with Crippen molar-refractivity contribution in [3.05, 3.63) is 81.2 Å². The van der Waals surface area contributed by atoms with E-state index in [0.717, 1.165) is 22.4 Å². The van der Waals surface area contributed by atoms with Crippen LogP contribution in [0.3, 0.4) is 0 Å². The molecule has 7 heteroatoms. The Bertz CT molecular complexity index is 936. The number of benzene rings is 2. The lowest BCUT2D eigenvalue weighted by Crippen LogP contribution is -1.97. The van der Waals surface area contributed by atoms with E-state index in [1.54, 1.807) is 19.2 Å². The lowest BCUT2D eigenvalue weighted by Gasteiger charge is -2.10. The largest absolute Gasteiger partial charge is 0.496 e. The molecule has 0 fully saturated rings. The van der Waals surface area contributed by atoms with Gasteiger partial charge in [0.1, 0.15) is 5.75 Å². The quantitative estimate of drug-likeness (QED) is 0.353. The fourth-order valence-corrected chi connectivity index (χ4v) is 2.62. The third kappa shape index (κ3) is 3.88. The highest BCUT2D eigenvalue weighted by Crippen LogP contribution is 2.28. The third-order valence-corrected chi connectivity index (χ3v) is 3.96. The van der Waals surface area contributed by atoms with Crippen molar-refractivity contribution in [2.75, 3.05) is 7.11 Å². The molecular formula is C18H14ClN5O. The highest BCUT2D eigenvalue weighted by molar-refractivity contribution is 6.30. The van der Waals surface area contributed by atoms with Gasteiger partial charge in [0.25, 0.3) is 0 Å². The maximum atomic E-state index is 8.78. The Morgan fingerprint density at radius 3 is 2.56 bits per heavy atom. The van der Waals surface area contributed by atoms with E-state index in [-0.39, 0.29) is 5.82 Å². The van der Waals surface area contributed by atoms with Gasteiger partial charge in [0.2, 0.25) is 0 Å². The number of methoxy groups -OCH3 is 1. The summed E-state index contributed by atoms with van der Waals surface area (Å²) in [7, 11) is 1.62.